The van der Waals surface area contributed by atoms with Gasteiger partial charge in [0.25, 0.3) is 0 Å². The normalized spacial score (nSPS) is 39.6. The van der Waals surface area contributed by atoms with Crippen LogP contribution in [0.5, 0.6) is 0 Å². The van der Waals surface area contributed by atoms with E-state index in [0.717, 1.165) is 19.3 Å². The molecular formula is C14H22O2. The Hall–Kier alpha value is -0.630. The Bertz CT molecular complexity index is 330. The predicted octanol–water partition coefficient (Wildman–Crippen LogP) is 2.71. The number of fused-ring (bicyclic) bond motifs is 1. The van der Waals surface area contributed by atoms with Crippen LogP contribution < -0.4 is 0 Å². The molecule has 1 N–H and O–H groups in total. The highest BCUT2D eigenvalue weighted by atomic mass is 16.3. The Morgan fingerprint density at radius 3 is 2.81 bits per heavy atom. The summed E-state index contributed by atoms with van der Waals surface area (Å²) in [6, 6.07) is 0. The van der Waals surface area contributed by atoms with Crippen LogP contribution in [0.2, 0.25) is 0 Å². The molecule has 0 aromatic heterocycles. The number of aliphatic hydroxyl groups is 1. The van der Waals surface area contributed by atoms with Crippen LogP contribution in [-0.2, 0) is 4.79 Å². The molecule has 0 aromatic carbocycles. The van der Waals surface area contributed by atoms with Gasteiger partial charge in [-0.15, -0.1) is 0 Å². The monoisotopic (exact) mass is 222 g/mol. The van der Waals surface area contributed by atoms with E-state index in [9.17, 15) is 9.90 Å². The molecule has 2 aliphatic carbocycles. The summed E-state index contributed by atoms with van der Waals surface area (Å²) in [5.74, 6) is 1.01. The average Bonchev–Trinajstić information content (AvgIpc) is 2.18. The molecule has 16 heavy (non-hydrogen) atoms. The van der Waals surface area contributed by atoms with Crippen molar-refractivity contribution in [3.63, 3.8) is 0 Å². The molecule has 0 unspecified atom stereocenters. The van der Waals surface area contributed by atoms with Gasteiger partial charge in [0.05, 0.1) is 6.10 Å². The van der Waals surface area contributed by atoms with Gasteiger partial charge in [-0.25, -0.2) is 0 Å². The summed E-state index contributed by atoms with van der Waals surface area (Å²) >= 11 is 0. The summed E-state index contributed by atoms with van der Waals surface area (Å²) in [5, 5.41) is 9.69. The maximum atomic E-state index is 12.1. The lowest BCUT2D eigenvalue weighted by molar-refractivity contribution is -0.128. The fourth-order valence-corrected chi connectivity index (χ4v) is 3.13. The molecule has 2 rings (SSSR count). The Morgan fingerprint density at radius 1 is 1.50 bits per heavy atom. The van der Waals surface area contributed by atoms with E-state index < -0.39 is 0 Å². The van der Waals surface area contributed by atoms with Crippen molar-refractivity contribution >= 4 is 5.78 Å². The minimum absolute atomic E-state index is 0.0434. The second-order valence-electron chi connectivity index (χ2n) is 6.06. The van der Waals surface area contributed by atoms with Gasteiger partial charge in [0.2, 0.25) is 0 Å². The van der Waals surface area contributed by atoms with Crippen molar-refractivity contribution in [2.45, 2.75) is 52.6 Å². The molecular weight excluding hydrogens is 200 g/mol. The molecule has 0 aliphatic heterocycles. The van der Waals surface area contributed by atoms with Crippen molar-refractivity contribution in [1.82, 2.24) is 0 Å². The standard InChI is InChI=1S/C14H22O2/c1-9(2)12-7-10-6-11(15)4-5-14(10,3)8-13(12)16/h6,9,11-12,15H,4-5,7-8H2,1-3H3/t11-,12-,14-/m1/s1. The number of ketones is 1. The molecule has 2 heteroatoms. The largest absolute Gasteiger partial charge is 0.389 e. The van der Waals surface area contributed by atoms with Gasteiger partial charge in [-0.2, -0.15) is 0 Å². The third-order valence-electron chi connectivity index (χ3n) is 4.38. The molecule has 90 valence electrons. The van der Waals surface area contributed by atoms with Crippen LogP contribution in [0.15, 0.2) is 11.6 Å². The molecule has 0 spiro atoms. The molecule has 0 aromatic rings. The van der Waals surface area contributed by atoms with Crippen LogP contribution in [-0.4, -0.2) is 17.0 Å². The van der Waals surface area contributed by atoms with E-state index in [4.69, 9.17) is 0 Å². The van der Waals surface area contributed by atoms with Gasteiger partial charge in [-0.05, 0) is 30.6 Å². The lowest BCUT2D eigenvalue weighted by Crippen LogP contribution is -2.39. The van der Waals surface area contributed by atoms with E-state index in [0.29, 0.717) is 18.1 Å². The Kier molecular flexibility index (Phi) is 2.95. The molecule has 0 bridgehead atoms. The van der Waals surface area contributed by atoms with E-state index in [-0.39, 0.29) is 17.4 Å². The second-order valence-corrected chi connectivity index (χ2v) is 6.06. The van der Waals surface area contributed by atoms with Gasteiger partial charge in [-0.3, -0.25) is 4.79 Å². The smallest absolute Gasteiger partial charge is 0.137 e. The number of carbonyl (C=O) groups excluding carboxylic acids is 1. The van der Waals surface area contributed by atoms with Crippen molar-refractivity contribution < 1.29 is 9.90 Å². The number of allylic oxidation sites excluding steroid dienone is 1. The number of aliphatic hydroxyl groups excluding tert-OH is 1. The Morgan fingerprint density at radius 2 is 2.19 bits per heavy atom. The van der Waals surface area contributed by atoms with Crippen LogP contribution in [0, 0.1) is 17.3 Å². The van der Waals surface area contributed by atoms with Crippen LogP contribution in [0.4, 0.5) is 0 Å². The van der Waals surface area contributed by atoms with E-state index in [2.05, 4.69) is 20.8 Å². The zero-order chi connectivity index (χ0) is 11.9. The molecule has 1 fully saturated rings. The predicted molar refractivity (Wildman–Crippen MR) is 64.0 cm³/mol. The molecule has 0 heterocycles. The minimum Gasteiger partial charge on any atom is -0.389 e. The first-order chi connectivity index (χ1) is 7.42. The first-order valence-electron chi connectivity index (χ1n) is 6.34. The number of hydrogen-bond acceptors (Lipinski definition) is 2. The summed E-state index contributed by atoms with van der Waals surface area (Å²) in [6.07, 6.45) is 5.02. The summed E-state index contributed by atoms with van der Waals surface area (Å²) in [6.45, 7) is 6.41. The molecule has 0 amide bonds. The van der Waals surface area contributed by atoms with Gasteiger partial charge < -0.3 is 5.11 Å². The molecule has 0 radical (unpaired) electrons. The van der Waals surface area contributed by atoms with Crippen molar-refractivity contribution in [2.75, 3.05) is 0 Å². The summed E-state index contributed by atoms with van der Waals surface area (Å²) in [4.78, 5) is 12.1. The first kappa shape index (κ1) is 11.8. The highest BCUT2D eigenvalue weighted by Gasteiger charge is 2.42. The third kappa shape index (κ3) is 1.95. The average molecular weight is 222 g/mol. The molecule has 2 nitrogen and oxygen atoms in total. The van der Waals surface area contributed by atoms with E-state index in [1.807, 2.05) is 6.08 Å². The van der Waals surface area contributed by atoms with Crippen LogP contribution >= 0.6 is 0 Å². The molecule has 0 saturated heterocycles. The van der Waals surface area contributed by atoms with Gasteiger partial charge in [0.1, 0.15) is 5.78 Å². The van der Waals surface area contributed by atoms with Crippen molar-refractivity contribution in [3.05, 3.63) is 11.6 Å². The molecule has 2 aliphatic rings. The summed E-state index contributed by atoms with van der Waals surface area (Å²) in [5.41, 5.74) is 1.37. The topological polar surface area (TPSA) is 37.3 Å². The number of hydrogen-bond donors (Lipinski definition) is 1. The Balaban J connectivity index is 2.26. The minimum atomic E-state index is -0.288. The fraction of sp³-hybridized carbons (Fsp3) is 0.786. The lowest BCUT2D eigenvalue weighted by atomic mass is 9.61. The highest BCUT2D eigenvalue weighted by molar-refractivity contribution is 5.84. The zero-order valence-electron chi connectivity index (χ0n) is 10.5. The van der Waals surface area contributed by atoms with E-state index in [1.165, 1.54) is 5.57 Å². The summed E-state index contributed by atoms with van der Waals surface area (Å²) in [7, 11) is 0. The van der Waals surface area contributed by atoms with Crippen molar-refractivity contribution in [1.29, 1.82) is 0 Å². The maximum absolute atomic E-state index is 12.1. The van der Waals surface area contributed by atoms with Gasteiger partial charge >= 0.3 is 0 Å². The SMILES string of the molecule is CC(C)[C@H]1CC2=C[C@H](O)CC[C@]2(C)CC1=O. The molecule has 1 saturated carbocycles. The van der Waals surface area contributed by atoms with Crippen LogP contribution in [0.25, 0.3) is 0 Å². The summed E-state index contributed by atoms with van der Waals surface area (Å²) < 4.78 is 0. The van der Waals surface area contributed by atoms with Crippen LogP contribution in [0.3, 0.4) is 0 Å². The number of rotatable bonds is 1. The van der Waals surface area contributed by atoms with Crippen LogP contribution in [0.1, 0.15) is 46.5 Å². The van der Waals surface area contributed by atoms with Gasteiger partial charge in [-0.1, -0.05) is 32.4 Å². The Labute approximate surface area is 97.7 Å². The van der Waals surface area contributed by atoms with E-state index >= 15 is 0 Å². The van der Waals surface area contributed by atoms with Gasteiger partial charge in [0, 0.05) is 12.3 Å². The van der Waals surface area contributed by atoms with E-state index in [1.54, 1.807) is 0 Å². The maximum Gasteiger partial charge on any atom is 0.137 e. The van der Waals surface area contributed by atoms with Gasteiger partial charge in [0.15, 0.2) is 0 Å². The van der Waals surface area contributed by atoms with Crippen molar-refractivity contribution in [2.24, 2.45) is 17.3 Å². The third-order valence-corrected chi connectivity index (χ3v) is 4.38. The van der Waals surface area contributed by atoms with Crippen molar-refractivity contribution in [3.8, 4) is 0 Å². The quantitative estimate of drug-likeness (QED) is 0.693. The fourth-order valence-electron chi connectivity index (χ4n) is 3.13. The number of carbonyl (C=O) groups is 1. The lowest BCUT2D eigenvalue weighted by Gasteiger charge is -2.43. The zero-order valence-corrected chi connectivity index (χ0v) is 10.5. The second kappa shape index (κ2) is 3.99. The highest BCUT2D eigenvalue weighted by Crippen LogP contribution is 2.48. The first-order valence-corrected chi connectivity index (χ1v) is 6.34. The number of Topliss-reactive ketones (excluding diaryl/α,β-unsaturated/α-hetero) is 1. The molecule has 3 atom stereocenters.